The Labute approximate surface area is 173 Å². The molecule has 2 aliphatic heterocycles. The normalized spacial score (nSPS) is 18.5. The van der Waals surface area contributed by atoms with Crippen molar-refractivity contribution >= 4 is 10.0 Å². The molecular weight excluding hydrogens is 417 g/mol. The Morgan fingerprint density at radius 1 is 1.10 bits per heavy atom. The number of halogens is 3. The summed E-state index contributed by atoms with van der Waals surface area (Å²) in [5, 5.41) is 0.972. The average Bonchev–Trinajstić information content (AvgIpc) is 2.66. The van der Waals surface area contributed by atoms with Crippen LogP contribution in [-0.2, 0) is 29.2 Å². The molecule has 1 fully saturated rings. The third kappa shape index (κ3) is 4.10. The summed E-state index contributed by atoms with van der Waals surface area (Å²) in [6.45, 7) is 5.68. The molecule has 0 N–H and O–H groups in total. The topological polar surface area (TPSA) is 49.9 Å². The molecule has 0 saturated carbocycles. The molecule has 0 aliphatic carbocycles. The summed E-state index contributed by atoms with van der Waals surface area (Å²) in [4.78, 5) is 2.25. The number of rotatable bonds is 5. The van der Waals surface area contributed by atoms with Gasteiger partial charge < -0.3 is 4.74 Å². The molecule has 1 saturated heterocycles. The number of alkyl halides is 3. The van der Waals surface area contributed by atoms with Gasteiger partial charge in [0.05, 0.1) is 5.56 Å². The zero-order valence-corrected chi connectivity index (χ0v) is 16.9. The summed E-state index contributed by atoms with van der Waals surface area (Å²) in [7, 11) is -3.37. The maximum atomic E-state index is 12.7. The highest BCUT2D eigenvalue weighted by Gasteiger charge is 2.38. The summed E-state index contributed by atoms with van der Waals surface area (Å²) in [5.74, 6) is 0.986. The quantitative estimate of drug-likeness (QED) is 0.708. The summed E-state index contributed by atoms with van der Waals surface area (Å²) >= 11 is 0. The highest BCUT2D eigenvalue weighted by atomic mass is 32.2. The van der Waals surface area contributed by atoms with E-state index in [4.69, 9.17) is 4.74 Å². The average molecular weight is 438 g/mol. The van der Waals surface area contributed by atoms with E-state index in [0.29, 0.717) is 31.1 Å². The van der Waals surface area contributed by atoms with Crippen molar-refractivity contribution in [2.45, 2.75) is 25.2 Å². The van der Waals surface area contributed by atoms with Crippen LogP contribution in [0.1, 0.15) is 16.7 Å². The second-order valence-electron chi connectivity index (χ2n) is 7.42. The lowest BCUT2D eigenvalue weighted by molar-refractivity contribution is -0.137. The van der Waals surface area contributed by atoms with Gasteiger partial charge >= 0.3 is 6.18 Å². The monoisotopic (exact) mass is 438 g/mol. The van der Waals surface area contributed by atoms with Crippen molar-refractivity contribution in [1.82, 2.24) is 9.21 Å². The van der Waals surface area contributed by atoms with Crippen molar-refractivity contribution in [1.29, 1.82) is 0 Å². The highest BCUT2D eigenvalue weighted by Crippen LogP contribution is 2.35. The third-order valence-electron chi connectivity index (χ3n) is 5.58. The first-order valence-corrected chi connectivity index (χ1v) is 11.0. The Bertz CT molecular complexity index is 1050. The second kappa shape index (κ2) is 7.72. The molecule has 30 heavy (non-hydrogen) atoms. The first-order chi connectivity index (χ1) is 14.2. The van der Waals surface area contributed by atoms with Crippen LogP contribution < -0.4 is 4.74 Å². The maximum absolute atomic E-state index is 12.7. The largest absolute Gasteiger partial charge is 0.457 e. The number of sulfonamides is 1. The summed E-state index contributed by atoms with van der Waals surface area (Å²) in [5.41, 5.74) is 1.40. The minimum absolute atomic E-state index is 0.160. The van der Waals surface area contributed by atoms with Crippen LogP contribution in [-0.4, -0.2) is 43.3 Å². The van der Waals surface area contributed by atoms with Gasteiger partial charge in [-0.2, -0.15) is 17.5 Å². The van der Waals surface area contributed by atoms with Crippen molar-refractivity contribution in [2.75, 3.05) is 19.6 Å². The fourth-order valence-corrected chi connectivity index (χ4v) is 4.77. The molecule has 4 rings (SSSR count). The van der Waals surface area contributed by atoms with Gasteiger partial charge in [-0.05, 0) is 42.3 Å². The molecule has 0 radical (unpaired) electrons. The predicted molar refractivity (Wildman–Crippen MR) is 107 cm³/mol. The van der Waals surface area contributed by atoms with Crippen molar-refractivity contribution < 1.29 is 26.3 Å². The predicted octanol–water partition coefficient (Wildman–Crippen LogP) is 4.01. The fraction of sp³-hybridized carbons (Fsp3) is 0.333. The third-order valence-corrected chi connectivity index (χ3v) is 7.02. The lowest BCUT2D eigenvalue weighted by Gasteiger charge is -2.45. The highest BCUT2D eigenvalue weighted by molar-refractivity contribution is 7.92. The van der Waals surface area contributed by atoms with Crippen molar-refractivity contribution in [3.05, 3.63) is 71.1 Å². The van der Waals surface area contributed by atoms with Gasteiger partial charge in [-0.15, -0.1) is 0 Å². The molecule has 160 valence electrons. The van der Waals surface area contributed by atoms with Crippen LogP contribution >= 0.6 is 0 Å². The molecule has 0 bridgehead atoms. The first-order valence-electron chi connectivity index (χ1n) is 9.50. The van der Waals surface area contributed by atoms with E-state index in [1.807, 2.05) is 18.2 Å². The van der Waals surface area contributed by atoms with E-state index in [-0.39, 0.29) is 6.04 Å². The molecule has 2 aromatic carbocycles. The van der Waals surface area contributed by atoms with Gasteiger partial charge in [0.2, 0.25) is 10.0 Å². The SMILES string of the molecule is C=CS(=O)(=O)N1CC(N2CCc3c(cccc3Oc3ccc(C(F)(F)F)cc3)C2)C1. The van der Waals surface area contributed by atoms with E-state index in [9.17, 15) is 21.6 Å². The first kappa shape index (κ1) is 20.9. The molecule has 0 spiro atoms. The summed E-state index contributed by atoms with van der Waals surface area (Å²) < 4.78 is 69.1. The molecule has 2 aliphatic rings. The van der Waals surface area contributed by atoms with E-state index < -0.39 is 21.8 Å². The van der Waals surface area contributed by atoms with E-state index in [1.54, 1.807) is 0 Å². The van der Waals surface area contributed by atoms with Crippen molar-refractivity contribution in [2.24, 2.45) is 0 Å². The Kier molecular flexibility index (Phi) is 5.37. The molecule has 2 heterocycles. The van der Waals surface area contributed by atoms with Crippen molar-refractivity contribution in [3.8, 4) is 11.5 Å². The van der Waals surface area contributed by atoms with Gasteiger partial charge in [0, 0.05) is 43.2 Å². The van der Waals surface area contributed by atoms with Gasteiger partial charge in [0.1, 0.15) is 11.5 Å². The molecule has 2 aromatic rings. The van der Waals surface area contributed by atoms with E-state index >= 15 is 0 Å². The number of fused-ring (bicyclic) bond motifs is 1. The molecule has 0 amide bonds. The number of ether oxygens (including phenoxy) is 1. The van der Waals surface area contributed by atoms with Crippen LogP contribution in [0.3, 0.4) is 0 Å². The van der Waals surface area contributed by atoms with Crippen LogP contribution in [0.5, 0.6) is 11.5 Å². The number of hydrogen-bond acceptors (Lipinski definition) is 4. The summed E-state index contributed by atoms with van der Waals surface area (Å²) in [6.07, 6.45) is -3.66. The smallest absolute Gasteiger partial charge is 0.416 e. The molecule has 5 nitrogen and oxygen atoms in total. The van der Waals surface area contributed by atoms with Crippen LogP contribution in [0.2, 0.25) is 0 Å². The van der Waals surface area contributed by atoms with E-state index in [1.165, 1.54) is 16.4 Å². The molecule has 0 unspecified atom stereocenters. The minimum atomic E-state index is -4.38. The van der Waals surface area contributed by atoms with Gasteiger partial charge in [0.25, 0.3) is 0 Å². The van der Waals surface area contributed by atoms with Gasteiger partial charge in [-0.3, -0.25) is 4.90 Å². The van der Waals surface area contributed by atoms with Crippen LogP contribution in [0, 0.1) is 0 Å². The zero-order chi connectivity index (χ0) is 21.5. The van der Waals surface area contributed by atoms with Crippen molar-refractivity contribution in [3.63, 3.8) is 0 Å². The minimum Gasteiger partial charge on any atom is -0.457 e. The lowest BCUT2D eigenvalue weighted by Crippen LogP contribution is -2.61. The molecule has 9 heteroatoms. The van der Waals surface area contributed by atoms with Gasteiger partial charge in [-0.25, -0.2) is 8.42 Å². The Balaban J connectivity index is 1.44. The van der Waals surface area contributed by atoms with E-state index in [2.05, 4.69) is 11.5 Å². The van der Waals surface area contributed by atoms with Gasteiger partial charge in [-0.1, -0.05) is 18.7 Å². The zero-order valence-electron chi connectivity index (χ0n) is 16.1. The number of nitrogens with zero attached hydrogens (tertiary/aromatic N) is 2. The Hall–Kier alpha value is -2.36. The van der Waals surface area contributed by atoms with E-state index in [0.717, 1.165) is 41.6 Å². The van der Waals surface area contributed by atoms with Crippen LogP contribution in [0.15, 0.2) is 54.5 Å². The summed E-state index contributed by atoms with van der Waals surface area (Å²) in [6, 6.07) is 10.5. The number of benzene rings is 2. The fourth-order valence-electron chi connectivity index (χ4n) is 3.80. The second-order valence-corrected chi connectivity index (χ2v) is 9.30. The molecule has 0 atom stereocenters. The molecule has 0 aromatic heterocycles. The standard InChI is InChI=1S/C21H21F3N2O3S/c1-2-30(27,28)26-13-17(14-26)25-11-10-19-15(12-25)4-3-5-20(19)29-18-8-6-16(7-9-18)21(22,23)24/h2-9,17H,1,10-14H2. The Morgan fingerprint density at radius 3 is 2.43 bits per heavy atom. The maximum Gasteiger partial charge on any atom is 0.416 e. The van der Waals surface area contributed by atoms with Crippen LogP contribution in [0.4, 0.5) is 13.2 Å². The Morgan fingerprint density at radius 2 is 1.80 bits per heavy atom. The number of hydrogen-bond donors (Lipinski definition) is 0. The lowest BCUT2D eigenvalue weighted by atomic mass is 9.96. The van der Waals surface area contributed by atoms with Gasteiger partial charge in [0.15, 0.2) is 0 Å². The molecular formula is C21H21F3N2O3S. The van der Waals surface area contributed by atoms with Crippen LogP contribution in [0.25, 0.3) is 0 Å².